The zero-order chi connectivity index (χ0) is 11.7. The van der Waals surface area contributed by atoms with E-state index >= 15 is 0 Å². The third-order valence-electron chi connectivity index (χ3n) is 1.37. The number of non-ortho nitro benzene ring substituents is 1. The van der Waals surface area contributed by atoms with Crippen molar-refractivity contribution in [3.63, 3.8) is 0 Å². The van der Waals surface area contributed by atoms with E-state index in [0.29, 0.717) is 6.42 Å². The molecule has 1 aromatic rings. The van der Waals surface area contributed by atoms with Crippen LogP contribution < -0.4 is 0 Å². The maximum Gasteiger partial charge on any atom is 0.269 e. The highest BCUT2D eigenvalue weighted by Crippen LogP contribution is 2.06. The van der Waals surface area contributed by atoms with Crippen LogP contribution in [-0.4, -0.2) is 16.4 Å². The standard InChI is InChI=1S/C6H5NO2.C3H7NO2/c8-7(9)6-4-2-1-3-5-6;1-2-3-4(5)6/h1-5H;2-3H2,1H3. The van der Waals surface area contributed by atoms with E-state index in [1.54, 1.807) is 25.1 Å². The fourth-order valence-corrected chi connectivity index (χ4v) is 0.732. The minimum Gasteiger partial charge on any atom is -0.265 e. The summed E-state index contributed by atoms with van der Waals surface area (Å²) in [6.07, 6.45) is 0.632. The smallest absolute Gasteiger partial charge is 0.265 e. The van der Waals surface area contributed by atoms with Gasteiger partial charge in [-0.15, -0.1) is 0 Å². The van der Waals surface area contributed by atoms with Gasteiger partial charge in [0.1, 0.15) is 0 Å². The first-order valence-corrected chi connectivity index (χ1v) is 4.39. The first-order valence-electron chi connectivity index (χ1n) is 4.39. The van der Waals surface area contributed by atoms with E-state index < -0.39 is 4.92 Å². The van der Waals surface area contributed by atoms with Gasteiger partial charge in [0, 0.05) is 23.5 Å². The van der Waals surface area contributed by atoms with E-state index in [0.717, 1.165) is 0 Å². The molecule has 1 rings (SSSR count). The number of hydrogen-bond donors (Lipinski definition) is 0. The van der Waals surface area contributed by atoms with Crippen molar-refractivity contribution in [2.45, 2.75) is 13.3 Å². The van der Waals surface area contributed by atoms with Crippen LogP contribution in [0.5, 0.6) is 0 Å². The lowest BCUT2D eigenvalue weighted by atomic mass is 10.3. The van der Waals surface area contributed by atoms with Gasteiger partial charge in [0.15, 0.2) is 0 Å². The Balaban J connectivity index is 0.000000288. The summed E-state index contributed by atoms with van der Waals surface area (Å²) in [4.78, 5) is 18.7. The molecule has 0 aliphatic carbocycles. The second-order valence-corrected chi connectivity index (χ2v) is 2.65. The van der Waals surface area contributed by atoms with Crippen molar-refractivity contribution in [1.82, 2.24) is 0 Å². The van der Waals surface area contributed by atoms with Gasteiger partial charge in [-0.25, -0.2) is 0 Å². The molecule has 0 atom stereocenters. The van der Waals surface area contributed by atoms with Crippen molar-refractivity contribution >= 4 is 5.69 Å². The SMILES string of the molecule is CCC[N+](=O)[O-].O=[N+]([O-])c1ccccc1. The number of para-hydroxylation sites is 1. The first kappa shape index (κ1) is 13.0. The minimum absolute atomic E-state index is 0.0972. The Morgan fingerprint density at radius 2 is 1.67 bits per heavy atom. The molecule has 6 heteroatoms. The van der Waals surface area contributed by atoms with Crippen molar-refractivity contribution in [3.8, 4) is 0 Å². The van der Waals surface area contributed by atoms with Crippen LogP contribution in [0.1, 0.15) is 13.3 Å². The summed E-state index contributed by atoms with van der Waals surface area (Å²) >= 11 is 0. The maximum atomic E-state index is 10.0. The van der Waals surface area contributed by atoms with Gasteiger partial charge in [-0.3, -0.25) is 20.2 Å². The van der Waals surface area contributed by atoms with Crippen LogP contribution in [0.4, 0.5) is 5.69 Å². The monoisotopic (exact) mass is 212 g/mol. The fraction of sp³-hybridized carbons (Fsp3) is 0.333. The molecule has 0 aliphatic rings. The van der Waals surface area contributed by atoms with Gasteiger partial charge in [-0.1, -0.05) is 25.1 Å². The Morgan fingerprint density at radius 1 is 1.13 bits per heavy atom. The van der Waals surface area contributed by atoms with Crippen LogP contribution in [-0.2, 0) is 0 Å². The van der Waals surface area contributed by atoms with Crippen molar-refractivity contribution in [2.24, 2.45) is 0 Å². The number of hydrogen-bond acceptors (Lipinski definition) is 4. The lowest BCUT2D eigenvalue weighted by molar-refractivity contribution is -0.479. The molecule has 0 unspecified atom stereocenters. The zero-order valence-electron chi connectivity index (χ0n) is 8.33. The van der Waals surface area contributed by atoms with Gasteiger partial charge in [0.05, 0.1) is 4.92 Å². The van der Waals surface area contributed by atoms with Gasteiger partial charge in [-0.05, 0) is 0 Å². The highest BCUT2D eigenvalue weighted by atomic mass is 16.6. The van der Waals surface area contributed by atoms with Gasteiger partial charge in [0.25, 0.3) is 5.69 Å². The summed E-state index contributed by atoms with van der Waals surface area (Å²) in [6.45, 7) is 1.88. The first-order chi connectivity index (χ1) is 7.07. The molecule has 0 aliphatic heterocycles. The predicted octanol–water partition coefficient (Wildman–Crippen LogP) is 2.27. The normalized spacial score (nSPS) is 8.60. The van der Waals surface area contributed by atoms with E-state index in [-0.39, 0.29) is 17.2 Å². The molecule has 0 saturated carbocycles. The van der Waals surface area contributed by atoms with Gasteiger partial charge in [-0.2, -0.15) is 0 Å². The summed E-state index contributed by atoms with van der Waals surface area (Å²) in [5.74, 6) is 0. The molecule has 6 nitrogen and oxygen atoms in total. The molecular formula is C9H12N2O4. The lowest BCUT2D eigenvalue weighted by Crippen LogP contribution is -1.96. The average molecular weight is 212 g/mol. The Hall–Kier alpha value is -1.98. The molecule has 0 saturated heterocycles. The quantitative estimate of drug-likeness (QED) is 0.568. The molecule has 0 spiro atoms. The average Bonchev–Trinajstić information content (AvgIpc) is 2.20. The highest BCUT2D eigenvalue weighted by molar-refractivity contribution is 5.27. The zero-order valence-corrected chi connectivity index (χ0v) is 8.33. The summed E-state index contributed by atoms with van der Waals surface area (Å²) in [5.41, 5.74) is 0.137. The summed E-state index contributed by atoms with van der Waals surface area (Å²) in [5, 5.41) is 19.4. The Labute approximate surface area is 86.8 Å². The number of nitro benzene ring substituents is 1. The van der Waals surface area contributed by atoms with Gasteiger partial charge < -0.3 is 0 Å². The van der Waals surface area contributed by atoms with E-state index in [9.17, 15) is 20.2 Å². The number of rotatable bonds is 3. The number of nitrogens with zero attached hydrogens (tertiary/aromatic N) is 2. The van der Waals surface area contributed by atoms with Gasteiger partial charge in [0.2, 0.25) is 6.54 Å². The molecule has 0 heterocycles. The van der Waals surface area contributed by atoms with Gasteiger partial charge >= 0.3 is 0 Å². The molecule has 0 bridgehead atoms. The molecular weight excluding hydrogens is 200 g/mol. The Kier molecular flexibility index (Phi) is 6.45. The van der Waals surface area contributed by atoms with E-state index in [1.807, 2.05) is 0 Å². The molecule has 0 radical (unpaired) electrons. The second-order valence-electron chi connectivity index (χ2n) is 2.65. The van der Waals surface area contributed by atoms with E-state index in [4.69, 9.17) is 0 Å². The molecule has 1 aromatic carbocycles. The Bertz CT molecular complexity index is 313. The van der Waals surface area contributed by atoms with Crippen molar-refractivity contribution in [3.05, 3.63) is 50.6 Å². The van der Waals surface area contributed by atoms with Crippen LogP contribution >= 0.6 is 0 Å². The molecule has 82 valence electrons. The Morgan fingerprint density at radius 3 is 1.87 bits per heavy atom. The van der Waals surface area contributed by atoms with Crippen LogP contribution in [0.2, 0.25) is 0 Å². The molecule has 0 aromatic heterocycles. The number of nitro groups is 2. The van der Waals surface area contributed by atoms with E-state index in [1.165, 1.54) is 12.1 Å². The summed E-state index contributed by atoms with van der Waals surface area (Å²) in [6, 6.07) is 7.93. The third-order valence-corrected chi connectivity index (χ3v) is 1.37. The molecule has 0 N–H and O–H groups in total. The van der Waals surface area contributed by atoms with Crippen LogP contribution in [0, 0.1) is 20.2 Å². The maximum absolute atomic E-state index is 10.0. The summed E-state index contributed by atoms with van der Waals surface area (Å²) in [7, 11) is 0. The third kappa shape index (κ3) is 7.12. The minimum atomic E-state index is -0.417. The van der Waals surface area contributed by atoms with Crippen LogP contribution in [0.25, 0.3) is 0 Å². The largest absolute Gasteiger partial charge is 0.269 e. The van der Waals surface area contributed by atoms with Crippen LogP contribution in [0.3, 0.4) is 0 Å². The fourth-order valence-electron chi connectivity index (χ4n) is 0.732. The van der Waals surface area contributed by atoms with E-state index in [2.05, 4.69) is 0 Å². The number of benzene rings is 1. The lowest BCUT2D eigenvalue weighted by Gasteiger charge is -1.85. The van der Waals surface area contributed by atoms with Crippen molar-refractivity contribution in [1.29, 1.82) is 0 Å². The van der Waals surface area contributed by atoms with Crippen LogP contribution in [0.15, 0.2) is 30.3 Å². The molecule has 0 amide bonds. The highest BCUT2D eigenvalue weighted by Gasteiger charge is 1.98. The summed E-state index contributed by atoms with van der Waals surface area (Å²) < 4.78 is 0. The van der Waals surface area contributed by atoms with Crippen molar-refractivity contribution < 1.29 is 9.85 Å². The second kappa shape index (κ2) is 7.43. The predicted molar refractivity (Wildman–Crippen MR) is 55.2 cm³/mol. The topological polar surface area (TPSA) is 86.3 Å². The molecule has 15 heavy (non-hydrogen) atoms. The van der Waals surface area contributed by atoms with Crippen molar-refractivity contribution in [2.75, 3.05) is 6.54 Å². The molecule has 0 fully saturated rings.